The van der Waals surface area contributed by atoms with Crippen molar-refractivity contribution in [2.45, 2.75) is 44.6 Å². The normalized spacial score (nSPS) is 32.1. The SMILES string of the molecule is O=S(=O)(N1CCNCC1)N1CCCCC1C1CCC1. The van der Waals surface area contributed by atoms with Gasteiger partial charge in [-0.2, -0.15) is 17.0 Å². The summed E-state index contributed by atoms with van der Waals surface area (Å²) in [4.78, 5) is 0. The van der Waals surface area contributed by atoms with Crippen LogP contribution < -0.4 is 5.32 Å². The molecule has 1 atom stereocenters. The summed E-state index contributed by atoms with van der Waals surface area (Å²) in [6.07, 6.45) is 7.00. The molecule has 0 aromatic rings. The van der Waals surface area contributed by atoms with E-state index in [4.69, 9.17) is 0 Å². The maximum atomic E-state index is 12.8. The monoisotopic (exact) mass is 287 g/mol. The second kappa shape index (κ2) is 5.68. The van der Waals surface area contributed by atoms with Crippen molar-refractivity contribution in [3.63, 3.8) is 0 Å². The molecule has 3 fully saturated rings. The lowest BCUT2D eigenvalue weighted by Gasteiger charge is -2.45. The van der Waals surface area contributed by atoms with E-state index >= 15 is 0 Å². The Morgan fingerprint density at radius 1 is 0.895 bits per heavy atom. The first-order chi connectivity index (χ1) is 9.19. The summed E-state index contributed by atoms with van der Waals surface area (Å²) in [6, 6.07) is 0.280. The zero-order valence-corrected chi connectivity index (χ0v) is 12.4. The largest absolute Gasteiger partial charge is 0.314 e. The Morgan fingerprint density at radius 3 is 2.26 bits per heavy atom. The summed E-state index contributed by atoms with van der Waals surface area (Å²) in [5.41, 5.74) is 0. The van der Waals surface area contributed by atoms with Crippen LogP contribution in [0.1, 0.15) is 38.5 Å². The van der Waals surface area contributed by atoms with Crippen LogP contribution >= 0.6 is 0 Å². The molecular weight excluding hydrogens is 262 g/mol. The minimum Gasteiger partial charge on any atom is -0.314 e. The second-order valence-electron chi connectivity index (χ2n) is 6.02. The fourth-order valence-corrected chi connectivity index (χ4v) is 5.46. The lowest BCUT2D eigenvalue weighted by molar-refractivity contribution is 0.120. The minimum atomic E-state index is -3.23. The molecular formula is C13H25N3O2S. The average molecular weight is 287 g/mol. The van der Waals surface area contributed by atoms with Crippen LogP contribution in [0.15, 0.2) is 0 Å². The molecule has 0 bridgehead atoms. The van der Waals surface area contributed by atoms with Gasteiger partial charge in [-0.3, -0.25) is 0 Å². The van der Waals surface area contributed by atoms with Crippen molar-refractivity contribution < 1.29 is 8.42 Å². The van der Waals surface area contributed by atoms with Crippen LogP contribution in [0, 0.1) is 5.92 Å². The fraction of sp³-hybridized carbons (Fsp3) is 1.00. The molecule has 0 aromatic heterocycles. The van der Waals surface area contributed by atoms with E-state index in [0.29, 0.717) is 19.0 Å². The molecule has 0 aromatic carbocycles. The van der Waals surface area contributed by atoms with Gasteiger partial charge in [0, 0.05) is 38.8 Å². The Labute approximate surface area is 116 Å². The predicted molar refractivity (Wildman–Crippen MR) is 75.0 cm³/mol. The quantitative estimate of drug-likeness (QED) is 0.835. The third-order valence-electron chi connectivity index (χ3n) is 4.89. The smallest absolute Gasteiger partial charge is 0.282 e. The molecule has 1 N–H and O–H groups in total. The van der Waals surface area contributed by atoms with Crippen LogP contribution in [0.5, 0.6) is 0 Å². The molecule has 1 saturated carbocycles. The van der Waals surface area contributed by atoms with Gasteiger partial charge in [-0.25, -0.2) is 0 Å². The minimum absolute atomic E-state index is 0.280. The van der Waals surface area contributed by atoms with Crippen molar-refractivity contribution in [1.82, 2.24) is 13.9 Å². The second-order valence-corrected chi connectivity index (χ2v) is 7.90. The first-order valence-corrected chi connectivity index (χ1v) is 9.07. The molecule has 1 aliphatic carbocycles. The van der Waals surface area contributed by atoms with E-state index in [0.717, 1.165) is 32.5 Å². The summed E-state index contributed by atoms with van der Waals surface area (Å²) in [7, 11) is -3.23. The van der Waals surface area contributed by atoms with Crippen LogP contribution in [-0.2, 0) is 10.2 Å². The zero-order chi connectivity index (χ0) is 13.3. The maximum Gasteiger partial charge on any atom is 0.282 e. The first kappa shape index (κ1) is 13.8. The average Bonchev–Trinajstić information content (AvgIpc) is 2.38. The van der Waals surface area contributed by atoms with Crippen molar-refractivity contribution in [3.05, 3.63) is 0 Å². The lowest BCUT2D eigenvalue weighted by atomic mass is 9.77. The van der Waals surface area contributed by atoms with Crippen LogP contribution in [0.2, 0.25) is 0 Å². The number of hydrogen-bond donors (Lipinski definition) is 1. The van der Waals surface area contributed by atoms with Crippen LogP contribution in [0.4, 0.5) is 0 Å². The molecule has 110 valence electrons. The topological polar surface area (TPSA) is 52.7 Å². The molecule has 0 radical (unpaired) electrons. The Morgan fingerprint density at radius 2 is 1.63 bits per heavy atom. The van der Waals surface area contributed by atoms with Gasteiger partial charge in [0.1, 0.15) is 0 Å². The third kappa shape index (κ3) is 2.68. The van der Waals surface area contributed by atoms with E-state index in [1.165, 1.54) is 25.7 Å². The molecule has 0 spiro atoms. The highest BCUT2D eigenvalue weighted by Crippen LogP contribution is 2.38. The molecule has 2 aliphatic heterocycles. The highest BCUT2D eigenvalue weighted by Gasteiger charge is 2.41. The van der Waals surface area contributed by atoms with Gasteiger partial charge in [-0.15, -0.1) is 0 Å². The van der Waals surface area contributed by atoms with Gasteiger partial charge in [0.05, 0.1) is 0 Å². The summed E-state index contributed by atoms with van der Waals surface area (Å²) < 4.78 is 29.2. The van der Waals surface area contributed by atoms with E-state index in [1.54, 1.807) is 4.31 Å². The summed E-state index contributed by atoms with van der Waals surface area (Å²) >= 11 is 0. The molecule has 5 nitrogen and oxygen atoms in total. The third-order valence-corrected chi connectivity index (χ3v) is 6.95. The van der Waals surface area contributed by atoms with Gasteiger partial charge < -0.3 is 5.32 Å². The van der Waals surface area contributed by atoms with Crippen molar-refractivity contribution in [2.75, 3.05) is 32.7 Å². The van der Waals surface area contributed by atoms with Gasteiger partial charge in [-0.05, 0) is 31.6 Å². The number of rotatable bonds is 3. The molecule has 1 unspecified atom stereocenters. The van der Waals surface area contributed by atoms with Crippen molar-refractivity contribution >= 4 is 10.2 Å². The van der Waals surface area contributed by atoms with E-state index < -0.39 is 10.2 Å². The van der Waals surface area contributed by atoms with Gasteiger partial charge in [0.25, 0.3) is 10.2 Å². The van der Waals surface area contributed by atoms with Crippen LogP contribution in [0.3, 0.4) is 0 Å². The molecule has 3 rings (SSSR count). The van der Waals surface area contributed by atoms with Crippen LogP contribution in [-0.4, -0.2) is 55.8 Å². The zero-order valence-electron chi connectivity index (χ0n) is 11.6. The summed E-state index contributed by atoms with van der Waals surface area (Å²) in [6.45, 7) is 3.53. The fourth-order valence-electron chi connectivity index (χ4n) is 3.54. The van der Waals surface area contributed by atoms with Gasteiger partial charge >= 0.3 is 0 Å². The molecule has 3 aliphatic rings. The van der Waals surface area contributed by atoms with E-state index in [9.17, 15) is 8.42 Å². The highest BCUT2D eigenvalue weighted by atomic mass is 32.2. The molecule has 19 heavy (non-hydrogen) atoms. The molecule has 0 amide bonds. The summed E-state index contributed by atoms with van der Waals surface area (Å²) in [5.74, 6) is 0.623. The maximum absolute atomic E-state index is 12.8. The number of piperazine rings is 1. The molecule has 2 heterocycles. The van der Waals surface area contributed by atoms with Crippen molar-refractivity contribution in [1.29, 1.82) is 0 Å². The number of nitrogens with one attached hydrogen (secondary N) is 1. The van der Waals surface area contributed by atoms with Gasteiger partial charge in [0.15, 0.2) is 0 Å². The number of nitrogens with zero attached hydrogens (tertiary/aromatic N) is 2. The highest BCUT2D eigenvalue weighted by molar-refractivity contribution is 7.86. The first-order valence-electron chi connectivity index (χ1n) is 7.67. The molecule has 6 heteroatoms. The number of hydrogen-bond acceptors (Lipinski definition) is 3. The lowest BCUT2D eigenvalue weighted by Crippen LogP contribution is -2.57. The number of piperidine rings is 1. The Hall–Kier alpha value is -0.170. The molecule has 2 saturated heterocycles. The Kier molecular flexibility index (Phi) is 4.12. The predicted octanol–water partition coefficient (Wildman–Crippen LogP) is 0.791. The standard InChI is InChI=1S/C13H25N3O2S/c17-19(18,15-10-7-14-8-11-15)16-9-2-1-6-13(16)12-4-3-5-12/h12-14H,1-11H2. The Balaban J connectivity index is 1.76. The van der Waals surface area contributed by atoms with Crippen molar-refractivity contribution in [3.8, 4) is 0 Å². The van der Waals surface area contributed by atoms with Crippen LogP contribution in [0.25, 0.3) is 0 Å². The van der Waals surface area contributed by atoms with Crippen molar-refractivity contribution in [2.24, 2.45) is 5.92 Å². The van der Waals surface area contributed by atoms with E-state index in [2.05, 4.69) is 5.32 Å². The van der Waals surface area contributed by atoms with Gasteiger partial charge in [0.2, 0.25) is 0 Å². The van der Waals surface area contributed by atoms with E-state index in [1.807, 2.05) is 4.31 Å². The van der Waals surface area contributed by atoms with E-state index in [-0.39, 0.29) is 6.04 Å². The van der Waals surface area contributed by atoms with Gasteiger partial charge in [-0.1, -0.05) is 12.8 Å². The summed E-state index contributed by atoms with van der Waals surface area (Å²) in [5, 5.41) is 3.22. The Bertz CT molecular complexity index is 402.